The van der Waals surface area contributed by atoms with Gasteiger partial charge in [-0.3, -0.25) is 14.4 Å². The molecule has 0 radical (unpaired) electrons. The van der Waals surface area contributed by atoms with Crippen molar-refractivity contribution in [3.05, 3.63) is 85.1 Å². The van der Waals surface area contributed by atoms with Gasteiger partial charge < -0.3 is 14.2 Å². The Hall–Kier alpha value is -3.41. The molecule has 1 unspecified atom stereocenters. The average Bonchev–Trinajstić information content (AvgIpc) is 3.27. The number of esters is 3. The lowest BCUT2D eigenvalue weighted by molar-refractivity contribution is -0.167. The van der Waals surface area contributed by atoms with E-state index >= 15 is 0 Å². The van der Waals surface area contributed by atoms with E-state index < -0.39 is 6.10 Å². The third-order valence-electron chi connectivity index (χ3n) is 10.6. The Bertz CT molecular complexity index is 1220. The first-order valence-corrected chi connectivity index (χ1v) is 25.6. The van der Waals surface area contributed by atoms with E-state index in [-0.39, 0.29) is 31.1 Å². The molecule has 0 aromatic carbocycles. The van der Waals surface area contributed by atoms with Crippen LogP contribution in [0.5, 0.6) is 0 Å². The second kappa shape index (κ2) is 50.2. The minimum Gasteiger partial charge on any atom is -0.462 e. The molecule has 0 saturated carbocycles. The van der Waals surface area contributed by atoms with Gasteiger partial charge in [-0.05, 0) is 109 Å². The van der Waals surface area contributed by atoms with Gasteiger partial charge in [0, 0.05) is 19.3 Å². The van der Waals surface area contributed by atoms with E-state index in [0.717, 1.165) is 122 Å². The summed E-state index contributed by atoms with van der Waals surface area (Å²) in [6, 6.07) is 0. The molecule has 0 aliphatic heterocycles. The summed E-state index contributed by atoms with van der Waals surface area (Å²) in [7, 11) is 0. The number of ether oxygens (including phenoxy) is 3. The van der Waals surface area contributed by atoms with Crippen LogP contribution in [0.3, 0.4) is 0 Å². The molecule has 0 aliphatic carbocycles. The molecule has 0 aliphatic rings. The van der Waals surface area contributed by atoms with Gasteiger partial charge in [-0.2, -0.15) is 0 Å². The molecule has 0 spiro atoms. The lowest BCUT2D eigenvalue weighted by Gasteiger charge is -2.18. The largest absolute Gasteiger partial charge is 0.462 e. The number of unbranched alkanes of at least 4 members (excludes halogenated alkanes) is 20. The molecule has 0 bridgehead atoms. The summed E-state index contributed by atoms with van der Waals surface area (Å²) in [5.74, 6) is -0.959. The summed E-state index contributed by atoms with van der Waals surface area (Å²) >= 11 is 0. The zero-order chi connectivity index (χ0) is 45.1. The minimum absolute atomic E-state index is 0.0983. The van der Waals surface area contributed by atoms with Crippen molar-refractivity contribution in [2.24, 2.45) is 0 Å². The molecule has 354 valence electrons. The van der Waals surface area contributed by atoms with E-state index in [1.165, 1.54) is 70.6 Å². The van der Waals surface area contributed by atoms with Crippen molar-refractivity contribution in [3.8, 4) is 0 Å². The predicted molar refractivity (Wildman–Crippen MR) is 265 cm³/mol. The van der Waals surface area contributed by atoms with Crippen LogP contribution in [0.4, 0.5) is 0 Å². The fourth-order valence-corrected chi connectivity index (χ4v) is 6.82. The summed E-state index contributed by atoms with van der Waals surface area (Å²) in [4.78, 5) is 37.9. The van der Waals surface area contributed by atoms with Crippen LogP contribution in [-0.4, -0.2) is 37.2 Å². The van der Waals surface area contributed by atoms with E-state index in [0.29, 0.717) is 19.3 Å². The lowest BCUT2D eigenvalue weighted by Crippen LogP contribution is -2.30. The second-order valence-electron chi connectivity index (χ2n) is 16.7. The third-order valence-corrected chi connectivity index (χ3v) is 10.6. The molecule has 62 heavy (non-hydrogen) atoms. The monoisotopic (exact) mass is 863 g/mol. The van der Waals surface area contributed by atoms with E-state index in [4.69, 9.17) is 14.2 Å². The maximum absolute atomic E-state index is 12.8. The zero-order valence-electron chi connectivity index (χ0n) is 40.4. The molecule has 0 N–H and O–H groups in total. The van der Waals surface area contributed by atoms with Gasteiger partial charge in [0.1, 0.15) is 13.2 Å². The van der Waals surface area contributed by atoms with Gasteiger partial charge in [0.2, 0.25) is 0 Å². The maximum Gasteiger partial charge on any atom is 0.306 e. The Kier molecular flexibility index (Phi) is 47.5. The summed E-state index contributed by atoms with van der Waals surface area (Å²) < 4.78 is 16.7. The fraction of sp³-hybridized carbons (Fsp3) is 0.696. The van der Waals surface area contributed by atoms with E-state index in [2.05, 4.69) is 106 Å². The standard InChI is InChI=1S/C56H94O6/c1-4-7-10-13-16-19-21-23-25-27-28-29-31-32-34-37-40-43-46-49-55(58)61-52-53(51-60-54(57)48-45-42-39-36-18-15-12-9-6-3)62-56(59)50-47-44-41-38-35-33-30-26-24-22-20-17-14-11-8-5-2/h7,9-10,12,16,18-19,23,25-26,28-30,36,53H,4-6,8,11,13-15,17,20-22,24,27,31-35,37-52H2,1-3H3/b10-7-,12-9-,19-16-,25-23-,29-28-,30-26-,36-18-. The summed E-state index contributed by atoms with van der Waals surface area (Å²) in [5.41, 5.74) is 0. The highest BCUT2D eigenvalue weighted by Gasteiger charge is 2.19. The number of hydrogen-bond donors (Lipinski definition) is 0. The van der Waals surface area contributed by atoms with Gasteiger partial charge in [0.25, 0.3) is 0 Å². The minimum atomic E-state index is -0.799. The van der Waals surface area contributed by atoms with Crippen LogP contribution in [0.2, 0.25) is 0 Å². The van der Waals surface area contributed by atoms with Crippen LogP contribution in [0, 0.1) is 0 Å². The lowest BCUT2D eigenvalue weighted by atomic mass is 10.1. The molecule has 0 amide bonds. The second-order valence-corrected chi connectivity index (χ2v) is 16.7. The van der Waals surface area contributed by atoms with Crippen LogP contribution in [0.1, 0.15) is 233 Å². The van der Waals surface area contributed by atoms with Crippen molar-refractivity contribution in [1.82, 2.24) is 0 Å². The van der Waals surface area contributed by atoms with Crippen LogP contribution < -0.4 is 0 Å². The van der Waals surface area contributed by atoms with Crippen LogP contribution >= 0.6 is 0 Å². The van der Waals surface area contributed by atoms with E-state index in [9.17, 15) is 14.4 Å². The Morgan fingerprint density at radius 2 is 0.629 bits per heavy atom. The number of carbonyl (C=O) groups is 3. The molecule has 0 heterocycles. The van der Waals surface area contributed by atoms with Crippen molar-refractivity contribution in [1.29, 1.82) is 0 Å². The van der Waals surface area contributed by atoms with Crippen molar-refractivity contribution in [2.45, 2.75) is 239 Å². The number of hydrogen-bond acceptors (Lipinski definition) is 6. The highest BCUT2D eigenvalue weighted by atomic mass is 16.6. The Balaban J connectivity index is 4.38. The maximum atomic E-state index is 12.8. The first-order chi connectivity index (χ1) is 30.5. The average molecular weight is 863 g/mol. The van der Waals surface area contributed by atoms with Crippen LogP contribution in [0.15, 0.2) is 85.1 Å². The molecule has 0 rings (SSSR count). The molecule has 0 saturated heterocycles. The number of rotatable bonds is 45. The smallest absolute Gasteiger partial charge is 0.306 e. The molecular weight excluding hydrogens is 769 g/mol. The number of allylic oxidation sites excluding steroid dienone is 14. The van der Waals surface area contributed by atoms with Crippen molar-refractivity contribution in [2.75, 3.05) is 13.2 Å². The first-order valence-electron chi connectivity index (χ1n) is 25.6. The molecule has 0 fully saturated rings. The van der Waals surface area contributed by atoms with Crippen molar-refractivity contribution >= 4 is 17.9 Å². The molecule has 0 aromatic rings. The van der Waals surface area contributed by atoms with Crippen molar-refractivity contribution < 1.29 is 28.6 Å². The van der Waals surface area contributed by atoms with E-state index in [1.54, 1.807) is 0 Å². The molecule has 6 heteroatoms. The van der Waals surface area contributed by atoms with E-state index in [1.807, 2.05) is 0 Å². The highest BCUT2D eigenvalue weighted by Crippen LogP contribution is 2.13. The zero-order valence-corrected chi connectivity index (χ0v) is 40.4. The first kappa shape index (κ1) is 58.6. The SMILES string of the molecule is CC/C=C\C/C=C\C/C=C\C/C=C\CCCCCCCCC(=O)OCC(COC(=O)CCCC/C=C\C/C=C\CC)OC(=O)CCCCCCC/C=C\CCCCCCCCC. The normalized spacial score (nSPS) is 12.8. The van der Waals surface area contributed by atoms with Crippen LogP contribution in [0.25, 0.3) is 0 Å². The van der Waals surface area contributed by atoms with Gasteiger partial charge in [-0.1, -0.05) is 189 Å². The van der Waals surface area contributed by atoms with Gasteiger partial charge in [-0.25, -0.2) is 0 Å². The molecule has 1 atom stereocenters. The fourth-order valence-electron chi connectivity index (χ4n) is 6.82. The quantitative estimate of drug-likeness (QED) is 0.0263. The van der Waals surface area contributed by atoms with Gasteiger partial charge in [0.05, 0.1) is 0 Å². The topological polar surface area (TPSA) is 78.9 Å². The predicted octanol–water partition coefficient (Wildman–Crippen LogP) is 16.8. The highest BCUT2D eigenvalue weighted by molar-refractivity contribution is 5.71. The van der Waals surface area contributed by atoms with Gasteiger partial charge in [-0.15, -0.1) is 0 Å². The summed E-state index contributed by atoms with van der Waals surface area (Å²) in [6.45, 7) is 6.34. The Morgan fingerprint density at radius 3 is 1.03 bits per heavy atom. The van der Waals surface area contributed by atoms with Crippen molar-refractivity contribution in [3.63, 3.8) is 0 Å². The molecular formula is C56H94O6. The summed E-state index contributed by atoms with van der Waals surface area (Å²) in [5, 5.41) is 0. The third kappa shape index (κ3) is 47.6. The van der Waals surface area contributed by atoms with Gasteiger partial charge in [0.15, 0.2) is 6.10 Å². The summed E-state index contributed by atoms with van der Waals surface area (Å²) in [6.07, 6.45) is 64.4. The Labute approximate surface area is 382 Å². The Morgan fingerprint density at radius 1 is 0.339 bits per heavy atom. The van der Waals surface area contributed by atoms with Gasteiger partial charge >= 0.3 is 17.9 Å². The molecule has 6 nitrogen and oxygen atoms in total. The van der Waals surface area contributed by atoms with Crippen LogP contribution in [-0.2, 0) is 28.6 Å². The number of carbonyl (C=O) groups excluding carboxylic acids is 3. The molecule has 0 aromatic heterocycles.